The number of unbranched alkanes of at least 4 members (excludes halogenated alkanes) is 13. The molecule has 0 bridgehead atoms. The Balaban J connectivity index is 3.30. The quantitative estimate of drug-likeness (QED) is 0.159. The highest BCUT2D eigenvalue weighted by Crippen LogP contribution is 2.34. The summed E-state index contributed by atoms with van der Waals surface area (Å²) in [5.74, 6) is -0.418. The number of aliphatic hydroxyl groups excluding tert-OH is 1. The van der Waals surface area contributed by atoms with Crippen molar-refractivity contribution in [2.45, 2.75) is 109 Å². The van der Waals surface area contributed by atoms with Crippen LogP contribution in [0.5, 0.6) is 0 Å². The Morgan fingerprint density at radius 3 is 1.63 bits per heavy atom. The van der Waals surface area contributed by atoms with Crippen LogP contribution in [0.15, 0.2) is 0 Å². The maximum atomic E-state index is 11.5. The molecule has 0 spiro atoms. The van der Waals surface area contributed by atoms with Crippen molar-refractivity contribution in [3.63, 3.8) is 0 Å². The zero-order chi connectivity index (χ0) is 20.4. The Bertz CT molecular complexity index is 396. The molecule has 0 saturated heterocycles. The molecule has 1 unspecified atom stereocenters. The fourth-order valence-corrected chi connectivity index (χ4v) is 3.71. The van der Waals surface area contributed by atoms with E-state index in [0.717, 1.165) is 19.3 Å². The fraction of sp³-hybridized carbons (Fsp3) is 0.950. The minimum Gasteiger partial charge on any atom is -0.463 e. The monoisotopic (exact) mass is 408 g/mol. The first-order valence-corrected chi connectivity index (χ1v) is 12.5. The van der Waals surface area contributed by atoms with Gasteiger partial charge in [0.1, 0.15) is 6.61 Å². The highest BCUT2D eigenvalue weighted by Gasteiger charge is 2.20. The summed E-state index contributed by atoms with van der Waals surface area (Å²) in [7, 11) is -4.28. The summed E-state index contributed by atoms with van der Waals surface area (Å²) in [5, 5.41) is 9.36. The number of ether oxygens (including phenoxy) is 1. The predicted molar refractivity (Wildman–Crippen MR) is 109 cm³/mol. The molecule has 0 rings (SSSR count). The Kier molecular flexibility index (Phi) is 17.4. The molecular formula is C20H41O6P. The van der Waals surface area contributed by atoms with Crippen molar-refractivity contribution < 1.29 is 29.0 Å². The lowest BCUT2D eigenvalue weighted by Gasteiger charge is -2.12. The van der Waals surface area contributed by atoms with E-state index in [0.29, 0.717) is 6.42 Å². The molecule has 0 saturated carbocycles. The summed E-state index contributed by atoms with van der Waals surface area (Å²) < 4.78 is 15.5. The van der Waals surface area contributed by atoms with Gasteiger partial charge in [-0.1, -0.05) is 90.4 Å². The second-order valence-electron chi connectivity index (χ2n) is 7.53. The lowest BCUT2D eigenvalue weighted by Crippen LogP contribution is -2.22. The molecule has 0 aromatic heterocycles. The van der Waals surface area contributed by atoms with Gasteiger partial charge in [-0.15, -0.1) is 0 Å². The van der Waals surface area contributed by atoms with Gasteiger partial charge in [-0.2, -0.15) is 0 Å². The Hall–Kier alpha value is -0.420. The van der Waals surface area contributed by atoms with Crippen molar-refractivity contribution >= 4 is 13.6 Å². The SMILES string of the molecule is CCCCCCCCCCCCCCCCC(=O)OCC(O)CP(=O)(O)O. The van der Waals surface area contributed by atoms with E-state index in [9.17, 15) is 14.5 Å². The number of esters is 1. The molecule has 7 heteroatoms. The van der Waals surface area contributed by atoms with Crippen LogP contribution in [-0.4, -0.2) is 39.7 Å². The van der Waals surface area contributed by atoms with E-state index in [1.54, 1.807) is 0 Å². The number of aliphatic hydroxyl groups is 1. The molecule has 0 amide bonds. The normalized spacial score (nSPS) is 12.9. The van der Waals surface area contributed by atoms with E-state index >= 15 is 0 Å². The Morgan fingerprint density at radius 2 is 1.22 bits per heavy atom. The standard InChI is InChI=1S/C20H41O6P/c1-2-3-4-5-6-7-8-9-10-11-12-13-14-15-16-20(22)26-17-19(21)18-27(23,24)25/h19,21H,2-18H2,1H3,(H2,23,24,25). The highest BCUT2D eigenvalue weighted by atomic mass is 31.2. The minimum atomic E-state index is -4.28. The highest BCUT2D eigenvalue weighted by molar-refractivity contribution is 7.51. The van der Waals surface area contributed by atoms with Gasteiger partial charge in [-0.25, -0.2) is 0 Å². The van der Waals surface area contributed by atoms with E-state index in [-0.39, 0.29) is 6.61 Å². The Labute approximate surface area is 165 Å². The largest absolute Gasteiger partial charge is 0.463 e. The third kappa shape index (κ3) is 21.7. The maximum Gasteiger partial charge on any atom is 0.328 e. The molecule has 27 heavy (non-hydrogen) atoms. The summed E-state index contributed by atoms with van der Waals surface area (Å²) in [4.78, 5) is 28.9. The van der Waals surface area contributed by atoms with Crippen molar-refractivity contribution in [2.75, 3.05) is 12.8 Å². The van der Waals surface area contributed by atoms with Gasteiger partial charge < -0.3 is 19.6 Å². The second kappa shape index (κ2) is 17.7. The number of hydrogen-bond acceptors (Lipinski definition) is 4. The molecule has 162 valence electrons. The zero-order valence-electron chi connectivity index (χ0n) is 17.1. The van der Waals surface area contributed by atoms with E-state index in [2.05, 4.69) is 6.92 Å². The van der Waals surface area contributed by atoms with E-state index < -0.39 is 25.8 Å². The van der Waals surface area contributed by atoms with Gasteiger partial charge >= 0.3 is 13.6 Å². The van der Waals surface area contributed by atoms with Crippen LogP contribution in [0, 0.1) is 0 Å². The summed E-state index contributed by atoms with van der Waals surface area (Å²) in [6.45, 7) is 1.89. The molecule has 0 aliphatic carbocycles. The third-order valence-corrected chi connectivity index (χ3v) is 5.52. The smallest absolute Gasteiger partial charge is 0.328 e. The molecule has 0 aromatic carbocycles. The van der Waals surface area contributed by atoms with Crippen LogP contribution < -0.4 is 0 Å². The van der Waals surface area contributed by atoms with Crippen molar-refractivity contribution in [1.29, 1.82) is 0 Å². The average Bonchev–Trinajstić information content (AvgIpc) is 2.59. The predicted octanol–water partition coefficient (Wildman–Crippen LogP) is 4.94. The minimum absolute atomic E-state index is 0.292. The number of carbonyl (C=O) groups excluding carboxylic acids is 1. The molecule has 0 aromatic rings. The first-order chi connectivity index (χ1) is 12.8. The molecule has 6 nitrogen and oxygen atoms in total. The fourth-order valence-electron chi connectivity index (χ4n) is 3.05. The van der Waals surface area contributed by atoms with Crippen LogP contribution in [0.25, 0.3) is 0 Å². The van der Waals surface area contributed by atoms with Gasteiger partial charge in [-0.05, 0) is 6.42 Å². The molecule has 1 atom stereocenters. The summed E-state index contributed by atoms with van der Waals surface area (Å²) >= 11 is 0. The number of rotatable bonds is 19. The van der Waals surface area contributed by atoms with Gasteiger partial charge in [0, 0.05) is 6.42 Å². The second-order valence-corrected chi connectivity index (χ2v) is 9.22. The van der Waals surface area contributed by atoms with Gasteiger partial charge in [0.2, 0.25) is 0 Å². The lowest BCUT2D eigenvalue weighted by atomic mass is 10.0. The molecule has 0 fully saturated rings. The Morgan fingerprint density at radius 1 is 0.815 bits per heavy atom. The van der Waals surface area contributed by atoms with E-state index in [1.807, 2.05) is 0 Å². The van der Waals surface area contributed by atoms with Gasteiger partial charge in [0.05, 0.1) is 12.3 Å². The number of hydrogen-bond donors (Lipinski definition) is 3. The van der Waals surface area contributed by atoms with Crippen molar-refractivity contribution in [3.8, 4) is 0 Å². The van der Waals surface area contributed by atoms with Crippen molar-refractivity contribution in [1.82, 2.24) is 0 Å². The molecule has 0 radical (unpaired) electrons. The van der Waals surface area contributed by atoms with Crippen molar-refractivity contribution in [2.24, 2.45) is 0 Å². The lowest BCUT2D eigenvalue weighted by molar-refractivity contribution is -0.146. The van der Waals surface area contributed by atoms with Crippen LogP contribution in [0.1, 0.15) is 103 Å². The van der Waals surface area contributed by atoms with Crippen LogP contribution in [0.2, 0.25) is 0 Å². The van der Waals surface area contributed by atoms with Gasteiger partial charge in [-0.3, -0.25) is 9.36 Å². The molecular weight excluding hydrogens is 367 g/mol. The molecule has 0 aliphatic heterocycles. The maximum absolute atomic E-state index is 11.5. The average molecular weight is 409 g/mol. The summed E-state index contributed by atoms with van der Waals surface area (Å²) in [5.41, 5.74) is 0. The first-order valence-electron chi connectivity index (χ1n) is 10.7. The molecule has 0 heterocycles. The van der Waals surface area contributed by atoms with Crippen LogP contribution in [0.3, 0.4) is 0 Å². The summed E-state index contributed by atoms with van der Waals surface area (Å²) in [6.07, 6.45) is 15.8. The van der Waals surface area contributed by atoms with Gasteiger partial charge in [0.15, 0.2) is 0 Å². The summed E-state index contributed by atoms with van der Waals surface area (Å²) in [6, 6.07) is 0. The number of carbonyl (C=O) groups is 1. The van der Waals surface area contributed by atoms with Gasteiger partial charge in [0.25, 0.3) is 0 Å². The molecule has 0 aliphatic rings. The first kappa shape index (κ1) is 26.6. The van der Waals surface area contributed by atoms with Crippen LogP contribution >= 0.6 is 7.60 Å². The van der Waals surface area contributed by atoms with Crippen LogP contribution in [0.4, 0.5) is 0 Å². The van der Waals surface area contributed by atoms with E-state index in [4.69, 9.17) is 14.5 Å². The zero-order valence-corrected chi connectivity index (χ0v) is 18.0. The van der Waals surface area contributed by atoms with Crippen molar-refractivity contribution in [3.05, 3.63) is 0 Å². The van der Waals surface area contributed by atoms with E-state index in [1.165, 1.54) is 70.6 Å². The van der Waals surface area contributed by atoms with Crippen LogP contribution in [-0.2, 0) is 14.1 Å². The third-order valence-electron chi connectivity index (χ3n) is 4.62. The topological polar surface area (TPSA) is 104 Å². The molecule has 3 N–H and O–H groups in total.